The first kappa shape index (κ1) is 20.5. The third-order valence-electron chi connectivity index (χ3n) is 3.77. The predicted molar refractivity (Wildman–Crippen MR) is 105 cm³/mol. The largest absolute Gasteiger partial charge is 0.452 e. The Kier molecular flexibility index (Phi) is 6.56. The van der Waals surface area contributed by atoms with E-state index in [2.05, 4.69) is 10.3 Å². The maximum Gasteiger partial charge on any atom is 0.341 e. The lowest BCUT2D eigenvalue weighted by Gasteiger charge is -2.09. The van der Waals surface area contributed by atoms with Crippen molar-refractivity contribution in [3.8, 4) is 0 Å². The molecular weight excluding hydrogens is 398 g/mol. The number of pyridine rings is 1. The molecule has 8 heteroatoms. The monoisotopic (exact) mass is 414 g/mol. The number of nitrogens with one attached hydrogen (secondary N) is 1. The highest BCUT2D eigenvalue weighted by Crippen LogP contribution is 2.29. The normalized spacial score (nSPS) is 10.4. The van der Waals surface area contributed by atoms with Crippen molar-refractivity contribution in [1.29, 1.82) is 0 Å². The van der Waals surface area contributed by atoms with Crippen molar-refractivity contribution in [2.75, 3.05) is 11.9 Å². The highest BCUT2D eigenvalue weighted by molar-refractivity contribution is 7.99. The molecule has 0 saturated heterocycles. The summed E-state index contributed by atoms with van der Waals surface area (Å²) in [5.74, 6) is -3.17. The average molecular weight is 414 g/mol. The molecular formula is C21H16F2N2O3S. The number of benzene rings is 2. The summed E-state index contributed by atoms with van der Waals surface area (Å²) < 4.78 is 31.5. The summed E-state index contributed by atoms with van der Waals surface area (Å²) in [6, 6.07) is 13.6. The SMILES string of the molecule is Cc1ccc(Sc2ncccc2C(=O)OCC(=O)Nc2ccc(F)cc2F)cc1. The van der Waals surface area contributed by atoms with Gasteiger partial charge in [0.2, 0.25) is 0 Å². The maximum atomic E-state index is 13.6. The van der Waals surface area contributed by atoms with Crippen molar-refractivity contribution >= 4 is 29.3 Å². The van der Waals surface area contributed by atoms with Crippen molar-refractivity contribution in [3.63, 3.8) is 0 Å². The van der Waals surface area contributed by atoms with Crippen LogP contribution in [0.3, 0.4) is 0 Å². The maximum absolute atomic E-state index is 13.6. The topological polar surface area (TPSA) is 68.3 Å². The summed E-state index contributed by atoms with van der Waals surface area (Å²) in [7, 11) is 0. The molecule has 0 aliphatic rings. The zero-order chi connectivity index (χ0) is 20.8. The van der Waals surface area contributed by atoms with E-state index >= 15 is 0 Å². The van der Waals surface area contributed by atoms with Gasteiger partial charge >= 0.3 is 5.97 Å². The van der Waals surface area contributed by atoms with Gasteiger partial charge in [-0.15, -0.1) is 0 Å². The van der Waals surface area contributed by atoms with E-state index in [0.29, 0.717) is 11.1 Å². The number of hydrogen-bond donors (Lipinski definition) is 1. The Hall–Kier alpha value is -3.26. The highest BCUT2D eigenvalue weighted by atomic mass is 32.2. The van der Waals surface area contributed by atoms with Crippen LogP contribution in [0.4, 0.5) is 14.5 Å². The van der Waals surface area contributed by atoms with E-state index in [-0.39, 0.29) is 11.3 Å². The number of anilines is 1. The molecule has 0 spiro atoms. The Bertz CT molecular complexity index is 1040. The lowest BCUT2D eigenvalue weighted by Crippen LogP contribution is -2.21. The van der Waals surface area contributed by atoms with E-state index in [9.17, 15) is 18.4 Å². The number of halogens is 2. The molecule has 3 aromatic rings. The first-order valence-corrected chi connectivity index (χ1v) is 9.35. The van der Waals surface area contributed by atoms with Gasteiger partial charge in [0.25, 0.3) is 5.91 Å². The van der Waals surface area contributed by atoms with Gasteiger partial charge in [0, 0.05) is 17.2 Å². The fraction of sp³-hybridized carbons (Fsp3) is 0.0952. The van der Waals surface area contributed by atoms with E-state index < -0.39 is 30.1 Å². The molecule has 2 aromatic carbocycles. The molecule has 148 valence electrons. The number of amides is 1. The van der Waals surface area contributed by atoms with Gasteiger partial charge in [-0.1, -0.05) is 29.5 Å². The molecule has 0 saturated carbocycles. The molecule has 29 heavy (non-hydrogen) atoms. The van der Waals surface area contributed by atoms with Crippen LogP contribution in [0.5, 0.6) is 0 Å². The summed E-state index contributed by atoms with van der Waals surface area (Å²) in [4.78, 5) is 29.4. The molecule has 0 bridgehead atoms. The number of aryl methyl sites for hydroxylation is 1. The molecule has 0 radical (unpaired) electrons. The second-order valence-electron chi connectivity index (χ2n) is 6.02. The van der Waals surface area contributed by atoms with Crippen LogP contribution in [0.2, 0.25) is 0 Å². The van der Waals surface area contributed by atoms with Crippen molar-refractivity contribution in [1.82, 2.24) is 4.98 Å². The second-order valence-corrected chi connectivity index (χ2v) is 7.08. The van der Waals surface area contributed by atoms with Crippen molar-refractivity contribution in [2.45, 2.75) is 16.8 Å². The lowest BCUT2D eigenvalue weighted by molar-refractivity contribution is -0.119. The number of carbonyl (C=O) groups excluding carboxylic acids is 2. The van der Waals surface area contributed by atoms with Crippen LogP contribution in [0.25, 0.3) is 0 Å². The van der Waals surface area contributed by atoms with E-state index in [1.54, 1.807) is 18.3 Å². The Morgan fingerprint density at radius 2 is 1.86 bits per heavy atom. The molecule has 1 amide bonds. The summed E-state index contributed by atoms with van der Waals surface area (Å²) in [6.45, 7) is 1.35. The minimum Gasteiger partial charge on any atom is -0.452 e. The predicted octanol–water partition coefficient (Wildman–Crippen LogP) is 4.61. The van der Waals surface area contributed by atoms with E-state index in [0.717, 1.165) is 22.6 Å². The molecule has 5 nitrogen and oxygen atoms in total. The van der Waals surface area contributed by atoms with Crippen LogP contribution in [0.15, 0.2) is 70.7 Å². The Morgan fingerprint density at radius 1 is 1.10 bits per heavy atom. The van der Waals surface area contributed by atoms with Crippen LogP contribution in [0, 0.1) is 18.6 Å². The molecule has 0 aliphatic heterocycles. The van der Waals surface area contributed by atoms with Gasteiger partial charge in [-0.2, -0.15) is 0 Å². The van der Waals surface area contributed by atoms with E-state index in [1.165, 1.54) is 11.8 Å². The third kappa shape index (κ3) is 5.61. The number of hydrogen-bond acceptors (Lipinski definition) is 5. The summed E-state index contributed by atoms with van der Waals surface area (Å²) in [6.07, 6.45) is 1.55. The number of carbonyl (C=O) groups is 2. The Balaban J connectivity index is 1.63. The van der Waals surface area contributed by atoms with Crippen LogP contribution in [-0.2, 0) is 9.53 Å². The molecule has 1 heterocycles. The zero-order valence-electron chi connectivity index (χ0n) is 15.3. The molecule has 0 unspecified atom stereocenters. The summed E-state index contributed by atoms with van der Waals surface area (Å²) >= 11 is 1.29. The molecule has 3 rings (SSSR count). The smallest absolute Gasteiger partial charge is 0.341 e. The minimum atomic E-state index is -0.922. The number of nitrogens with zero attached hydrogens (tertiary/aromatic N) is 1. The van der Waals surface area contributed by atoms with E-state index in [1.807, 2.05) is 31.2 Å². The zero-order valence-corrected chi connectivity index (χ0v) is 16.1. The number of esters is 1. The van der Waals surface area contributed by atoms with Crippen LogP contribution >= 0.6 is 11.8 Å². The van der Waals surface area contributed by atoms with Crippen molar-refractivity contribution in [3.05, 3.63) is 83.6 Å². The summed E-state index contributed by atoms with van der Waals surface area (Å²) in [5.41, 5.74) is 1.11. The first-order valence-electron chi connectivity index (χ1n) is 8.54. The van der Waals surface area contributed by atoms with Crippen LogP contribution < -0.4 is 5.32 Å². The van der Waals surface area contributed by atoms with Gasteiger partial charge in [0.05, 0.1) is 11.3 Å². The molecule has 0 fully saturated rings. The molecule has 0 aliphatic carbocycles. The third-order valence-corrected chi connectivity index (χ3v) is 4.79. The van der Waals surface area contributed by atoms with Gasteiger partial charge in [-0.05, 0) is 43.3 Å². The molecule has 1 aromatic heterocycles. The molecule has 1 N–H and O–H groups in total. The van der Waals surface area contributed by atoms with Crippen LogP contribution in [-0.4, -0.2) is 23.5 Å². The van der Waals surface area contributed by atoms with Crippen molar-refractivity contribution < 1.29 is 23.1 Å². The number of ether oxygens (including phenoxy) is 1. The Labute approximate surface area is 170 Å². The Morgan fingerprint density at radius 3 is 2.59 bits per heavy atom. The van der Waals surface area contributed by atoms with Gasteiger partial charge in [-0.25, -0.2) is 18.6 Å². The second kappa shape index (κ2) is 9.29. The minimum absolute atomic E-state index is 0.204. The molecule has 0 atom stereocenters. The number of aromatic nitrogens is 1. The highest BCUT2D eigenvalue weighted by Gasteiger charge is 2.17. The standard InChI is InChI=1S/C21H16F2N2O3S/c1-13-4-7-15(8-5-13)29-20-16(3-2-10-24-20)21(27)28-12-19(26)25-18-9-6-14(22)11-17(18)23/h2-11H,12H2,1H3,(H,25,26). The average Bonchev–Trinajstić information content (AvgIpc) is 2.70. The van der Waals surface area contributed by atoms with Gasteiger partial charge in [0.15, 0.2) is 6.61 Å². The fourth-order valence-electron chi connectivity index (χ4n) is 2.33. The van der Waals surface area contributed by atoms with Gasteiger partial charge in [-0.3, -0.25) is 4.79 Å². The van der Waals surface area contributed by atoms with Gasteiger partial charge < -0.3 is 10.1 Å². The first-order chi connectivity index (χ1) is 13.9. The van der Waals surface area contributed by atoms with Crippen LogP contribution in [0.1, 0.15) is 15.9 Å². The van der Waals surface area contributed by atoms with Crippen molar-refractivity contribution in [2.24, 2.45) is 0 Å². The number of rotatable bonds is 6. The fourth-order valence-corrected chi connectivity index (χ4v) is 3.20. The quantitative estimate of drug-likeness (QED) is 0.597. The van der Waals surface area contributed by atoms with E-state index in [4.69, 9.17) is 4.74 Å². The lowest BCUT2D eigenvalue weighted by atomic mass is 10.2. The summed E-state index contributed by atoms with van der Waals surface area (Å²) in [5, 5.41) is 2.66. The van der Waals surface area contributed by atoms with Gasteiger partial charge in [0.1, 0.15) is 16.7 Å².